The summed E-state index contributed by atoms with van der Waals surface area (Å²) in [4.78, 5) is 13.3. The van der Waals surface area contributed by atoms with E-state index in [1.165, 1.54) is 15.0 Å². The molecular formula is C19H20N4OS. The summed E-state index contributed by atoms with van der Waals surface area (Å²) in [5.74, 6) is 1.05. The summed E-state index contributed by atoms with van der Waals surface area (Å²) in [5.41, 5.74) is 1.83. The molecule has 3 N–H and O–H groups in total. The van der Waals surface area contributed by atoms with Crippen molar-refractivity contribution >= 4 is 38.3 Å². The summed E-state index contributed by atoms with van der Waals surface area (Å²) in [6.07, 6.45) is 1.55. The first kappa shape index (κ1) is 16.1. The fourth-order valence-corrected chi connectivity index (χ4v) is 3.94. The molecule has 0 unspecified atom stereocenters. The zero-order chi connectivity index (χ0) is 17.4. The molecule has 3 heterocycles. The predicted molar refractivity (Wildman–Crippen MR) is 104 cm³/mol. The van der Waals surface area contributed by atoms with Gasteiger partial charge in [0.2, 0.25) is 0 Å². The number of anilines is 1. The van der Waals surface area contributed by atoms with Crippen LogP contribution in [0.15, 0.2) is 42.7 Å². The number of nitrogens with one attached hydrogen (secondary N) is 2. The maximum absolute atomic E-state index is 9.58. The van der Waals surface area contributed by atoms with Crippen LogP contribution in [0.2, 0.25) is 0 Å². The molecule has 1 atom stereocenters. The molecule has 4 rings (SSSR count). The maximum Gasteiger partial charge on any atom is 0.143 e. The third-order valence-electron chi connectivity index (χ3n) is 4.44. The molecule has 0 amide bonds. The van der Waals surface area contributed by atoms with Crippen molar-refractivity contribution in [2.75, 3.05) is 11.9 Å². The summed E-state index contributed by atoms with van der Waals surface area (Å²) in [6, 6.07) is 12.6. The molecule has 1 aromatic carbocycles. The molecule has 4 aromatic rings. The summed E-state index contributed by atoms with van der Waals surface area (Å²) in [5, 5.41) is 15.1. The molecule has 128 valence electrons. The molecule has 3 aromatic heterocycles. The zero-order valence-electron chi connectivity index (χ0n) is 14.2. The highest BCUT2D eigenvalue weighted by Crippen LogP contribution is 2.35. The van der Waals surface area contributed by atoms with Gasteiger partial charge in [-0.05, 0) is 29.5 Å². The van der Waals surface area contributed by atoms with Gasteiger partial charge in [-0.15, -0.1) is 11.3 Å². The Morgan fingerprint density at radius 2 is 2.04 bits per heavy atom. The second-order valence-corrected chi connectivity index (χ2v) is 7.58. The SMILES string of the molecule is CC(C)[C@H](CO)Nc1ncnc2[nH]c(-c3cc4ccccc4s3)cc12. The monoisotopic (exact) mass is 352 g/mol. The Kier molecular flexibility index (Phi) is 4.15. The number of aliphatic hydroxyl groups excluding tert-OH is 1. The Morgan fingerprint density at radius 1 is 1.20 bits per heavy atom. The number of rotatable bonds is 5. The molecule has 0 fully saturated rings. The lowest BCUT2D eigenvalue weighted by molar-refractivity contribution is 0.249. The van der Waals surface area contributed by atoms with Gasteiger partial charge in [0.1, 0.15) is 17.8 Å². The van der Waals surface area contributed by atoms with Crippen molar-refractivity contribution in [3.63, 3.8) is 0 Å². The molecule has 6 heteroatoms. The van der Waals surface area contributed by atoms with E-state index in [1.807, 2.05) is 0 Å². The van der Waals surface area contributed by atoms with Crippen molar-refractivity contribution in [2.24, 2.45) is 5.92 Å². The Morgan fingerprint density at radius 3 is 2.80 bits per heavy atom. The molecule has 0 saturated heterocycles. The minimum Gasteiger partial charge on any atom is -0.394 e. The normalized spacial score (nSPS) is 13.0. The first-order valence-corrected chi connectivity index (χ1v) is 9.17. The minimum absolute atomic E-state index is 0.0409. The van der Waals surface area contributed by atoms with Crippen molar-refractivity contribution in [1.29, 1.82) is 0 Å². The number of aromatic amines is 1. The van der Waals surface area contributed by atoms with Gasteiger partial charge in [0.15, 0.2) is 0 Å². The molecule has 0 aliphatic carbocycles. The molecule has 0 aliphatic heterocycles. The lowest BCUT2D eigenvalue weighted by Crippen LogP contribution is -2.29. The highest BCUT2D eigenvalue weighted by molar-refractivity contribution is 7.22. The lowest BCUT2D eigenvalue weighted by atomic mass is 10.1. The van der Waals surface area contributed by atoms with Gasteiger partial charge in [-0.1, -0.05) is 32.0 Å². The van der Waals surface area contributed by atoms with E-state index in [-0.39, 0.29) is 12.6 Å². The third kappa shape index (κ3) is 2.99. The van der Waals surface area contributed by atoms with E-state index >= 15 is 0 Å². The van der Waals surface area contributed by atoms with Crippen LogP contribution in [-0.4, -0.2) is 32.7 Å². The quantitative estimate of drug-likeness (QED) is 0.501. The van der Waals surface area contributed by atoms with Gasteiger partial charge in [-0.25, -0.2) is 9.97 Å². The van der Waals surface area contributed by atoms with E-state index in [2.05, 4.69) is 70.5 Å². The van der Waals surface area contributed by atoms with Gasteiger partial charge in [0.25, 0.3) is 0 Å². The van der Waals surface area contributed by atoms with Crippen LogP contribution >= 0.6 is 11.3 Å². The van der Waals surface area contributed by atoms with Gasteiger partial charge in [-0.2, -0.15) is 0 Å². The lowest BCUT2D eigenvalue weighted by Gasteiger charge is -2.20. The third-order valence-corrected chi connectivity index (χ3v) is 5.59. The number of hydrogen-bond donors (Lipinski definition) is 3. The summed E-state index contributed by atoms with van der Waals surface area (Å²) >= 11 is 1.75. The molecule has 25 heavy (non-hydrogen) atoms. The largest absolute Gasteiger partial charge is 0.394 e. The number of hydrogen-bond acceptors (Lipinski definition) is 5. The Labute approximate surface area is 149 Å². The van der Waals surface area contributed by atoms with E-state index in [0.717, 1.165) is 22.5 Å². The van der Waals surface area contributed by atoms with Crippen molar-refractivity contribution in [3.05, 3.63) is 42.7 Å². The van der Waals surface area contributed by atoms with E-state index < -0.39 is 0 Å². The van der Waals surface area contributed by atoms with Crippen LogP contribution in [0.25, 0.3) is 31.7 Å². The topological polar surface area (TPSA) is 73.8 Å². The number of fused-ring (bicyclic) bond motifs is 2. The zero-order valence-corrected chi connectivity index (χ0v) is 15.0. The van der Waals surface area contributed by atoms with Crippen molar-refractivity contribution in [1.82, 2.24) is 15.0 Å². The number of H-pyrrole nitrogens is 1. The predicted octanol–water partition coefficient (Wildman–Crippen LogP) is 4.27. The Bertz CT molecular complexity index is 988. The van der Waals surface area contributed by atoms with Gasteiger partial charge in [0, 0.05) is 4.70 Å². The van der Waals surface area contributed by atoms with Gasteiger partial charge >= 0.3 is 0 Å². The highest BCUT2D eigenvalue weighted by atomic mass is 32.1. The van der Waals surface area contributed by atoms with E-state index in [9.17, 15) is 5.11 Å². The van der Waals surface area contributed by atoms with Gasteiger partial charge in [-0.3, -0.25) is 0 Å². The molecular weight excluding hydrogens is 332 g/mol. The first-order chi connectivity index (χ1) is 12.2. The summed E-state index contributed by atoms with van der Waals surface area (Å²) < 4.78 is 1.26. The van der Waals surface area contributed by atoms with E-state index in [0.29, 0.717) is 5.92 Å². The molecule has 0 radical (unpaired) electrons. The van der Waals surface area contributed by atoms with Crippen LogP contribution in [0.4, 0.5) is 5.82 Å². The van der Waals surface area contributed by atoms with Crippen molar-refractivity contribution < 1.29 is 5.11 Å². The van der Waals surface area contributed by atoms with Crippen molar-refractivity contribution in [3.8, 4) is 10.6 Å². The van der Waals surface area contributed by atoms with E-state index in [4.69, 9.17) is 0 Å². The van der Waals surface area contributed by atoms with Crippen LogP contribution in [0.3, 0.4) is 0 Å². The number of thiophene rings is 1. The number of aliphatic hydroxyl groups is 1. The molecule has 0 bridgehead atoms. The standard InChI is InChI=1S/C19H20N4OS/c1-11(2)15(9-24)23-19-13-8-14(22-18(13)20-10-21-19)17-7-12-5-3-4-6-16(12)25-17/h3-8,10-11,15,24H,9H2,1-2H3,(H2,20,21,22,23)/t15-/m0/s1. The van der Waals surface area contributed by atoms with Crippen LogP contribution in [0, 0.1) is 5.92 Å². The van der Waals surface area contributed by atoms with E-state index in [1.54, 1.807) is 17.7 Å². The first-order valence-electron chi connectivity index (χ1n) is 8.36. The fourth-order valence-electron chi connectivity index (χ4n) is 2.90. The average Bonchev–Trinajstić information content (AvgIpc) is 3.23. The number of benzene rings is 1. The van der Waals surface area contributed by atoms with Crippen LogP contribution in [-0.2, 0) is 0 Å². The summed E-state index contributed by atoms with van der Waals surface area (Å²) in [6.45, 7) is 4.22. The fraction of sp³-hybridized carbons (Fsp3) is 0.263. The minimum atomic E-state index is -0.0409. The second kappa shape index (κ2) is 6.46. The van der Waals surface area contributed by atoms with Crippen LogP contribution < -0.4 is 5.32 Å². The van der Waals surface area contributed by atoms with Gasteiger partial charge < -0.3 is 15.4 Å². The Hall–Kier alpha value is -2.44. The second-order valence-electron chi connectivity index (χ2n) is 6.49. The van der Waals surface area contributed by atoms with Crippen LogP contribution in [0.5, 0.6) is 0 Å². The van der Waals surface area contributed by atoms with Crippen molar-refractivity contribution in [2.45, 2.75) is 19.9 Å². The molecule has 5 nitrogen and oxygen atoms in total. The molecule has 0 spiro atoms. The Balaban J connectivity index is 1.76. The number of aromatic nitrogens is 3. The maximum atomic E-state index is 9.58. The number of nitrogens with zero attached hydrogens (tertiary/aromatic N) is 2. The van der Waals surface area contributed by atoms with Gasteiger partial charge in [0.05, 0.1) is 28.6 Å². The summed E-state index contributed by atoms with van der Waals surface area (Å²) in [7, 11) is 0. The smallest absolute Gasteiger partial charge is 0.143 e. The van der Waals surface area contributed by atoms with Crippen LogP contribution in [0.1, 0.15) is 13.8 Å². The molecule has 0 saturated carbocycles. The molecule has 0 aliphatic rings. The average molecular weight is 352 g/mol. The highest BCUT2D eigenvalue weighted by Gasteiger charge is 2.16.